The Morgan fingerprint density at radius 3 is 1.41 bits per heavy atom. The van der Waals surface area contributed by atoms with Gasteiger partial charge in [0.05, 0.1) is 0 Å². The molecule has 0 aliphatic rings. The first-order chi connectivity index (χ1) is 24.3. The summed E-state index contributed by atoms with van der Waals surface area (Å²) in [6.45, 7) is 8.04. The second kappa shape index (κ2) is 11.0. The zero-order valence-electron chi connectivity index (χ0n) is 26.4. The quantitative estimate of drug-likeness (QED) is 0.0991. The van der Waals surface area contributed by atoms with Crippen LogP contribution >= 0.6 is 0 Å². The van der Waals surface area contributed by atoms with E-state index in [1.807, 2.05) is 12.1 Å². The molecule has 0 saturated carbocycles. The summed E-state index contributed by atoms with van der Waals surface area (Å²) in [4.78, 5) is 4.01. The van der Waals surface area contributed by atoms with Gasteiger partial charge in [-0.15, -0.1) is 0 Å². The molecule has 2 heteroatoms. The molecule has 0 atom stereocenters. The Kier molecular flexibility index (Phi) is 6.33. The summed E-state index contributed by atoms with van der Waals surface area (Å²) in [5.74, 6) is 0. The van der Waals surface area contributed by atoms with E-state index in [0.29, 0.717) is 0 Å². The van der Waals surface area contributed by atoms with E-state index in [4.69, 9.17) is 6.57 Å². The number of benzene rings is 9. The van der Waals surface area contributed by atoms with Gasteiger partial charge in [-0.1, -0.05) is 0 Å². The number of rotatable bonds is 3. The van der Waals surface area contributed by atoms with Crippen LogP contribution in [0.1, 0.15) is 0 Å². The fourth-order valence-electron chi connectivity index (χ4n) is 8.02. The Morgan fingerprint density at radius 2 is 0.837 bits per heavy atom. The molecular weight excluding hydrogens is 657 g/mol. The van der Waals surface area contributed by atoms with Crippen molar-refractivity contribution in [3.05, 3.63) is 175 Å². The molecular formula is C47H27NSe. The van der Waals surface area contributed by atoms with Gasteiger partial charge in [-0.25, -0.2) is 0 Å². The molecule has 9 aromatic carbocycles. The molecule has 1 aromatic heterocycles. The second-order valence-corrected chi connectivity index (χ2v) is 14.8. The summed E-state index contributed by atoms with van der Waals surface area (Å²) in [5, 5.41) is 12.1. The van der Waals surface area contributed by atoms with Crippen molar-refractivity contribution in [2.45, 2.75) is 0 Å². The van der Waals surface area contributed by atoms with Gasteiger partial charge in [-0.05, 0) is 0 Å². The van der Waals surface area contributed by atoms with Gasteiger partial charge < -0.3 is 0 Å². The molecule has 226 valence electrons. The minimum absolute atomic E-state index is 0.151. The van der Waals surface area contributed by atoms with Crippen LogP contribution < -0.4 is 0 Å². The molecule has 0 bridgehead atoms. The van der Waals surface area contributed by atoms with Crippen molar-refractivity contribution in [2.24, 2.45) is 0 Å². The number of hydrogen-bond donors (Lipinski definition) is 0. The number of fused-ring (bicyclic) bond motifs is 7. The van der Waals surface area contributed by atoms with E-state index in [1.165, 1.54) is 74.2 Å². The summed E-state index contributed by atoms with van der Waals surface area (Å²) in [6, 6.07) is 59.5. The first-order valence-corrected chi connectivity index (χ1v) is 18.3. The summed E-state index contributed by atoms with van der Waals surface area (Å²) >= 11 is 0.151. The molecule has 0 amide bonds. The average Bonchev–Trinajstić information content (AvgIpc) is 3.54. The third-order valence-electron chi connectivity index (χ3n) is 10.1. The molecule has 0 spiro atoms. The SMILES string of the molecule is [C-]#[N+]c1c2ccccc2c(-c2ccc3[se]c4c(-c5c6ccccc6c(-c6ccccc6)c6ccccc56)cccc4c3c2)c2ccccc12. The van der Waals surface area contributed by atoms with Crippen molar-refractivity contribution in [2.75, 3.05) is 0 Å². The Labute approximate surface area is 289 Å². The van der Waals surface area contributed by atoms with Crippen molar-refractivity contribution >= 4 is 82.6 Å². The second-order valence-electron chi connectivity index (χ2n) is 12.6. The maximum atomic E-state index is 8.04. The minimum atomic E-state index is 0.151. The molecule has 10 aromatic rings. The van der Waals surface area contributed by atoms with Gasteiger partial charge in [0.25, 0.3) is 0 Å². The van der Waals surface area contributed by atoms with Crippen LogP contribution in [0, 0.1) is 6.57 Å². The van der Waals surface area contributed by atoms with E-state index in [2.05, 4.69) is 157 Å². The number of nitrogens with zero attached hydrogens (tertiary/aromatic N) is 1. The van der Waals surface area contributed by atoms with E-state index in [-0.39, 0.29) is 14.5 Å². The molecule has 1 heterocycles. The summed E-state index contributed by atoms with van der Waals surface area (Å²) in [5.41, 5.74) is 8.32. The van der Waals surface area contributed by atoms with Gasteiger partial charge in [0, 0.05) is 0 Å². The molecule has 0 fully saturated rings. The van der Waals surface area contributed by atoms with Crippen LogP contribution in [0.2, 0.25) is 0 Å². The zero-order chi connectivity index (χ0) is 32.5. The molecule has 49 heavy (non-hydrogen) atoms. The van der Waals surface area contributed by atoms with Gasteiger partial charge in [0.15, 0.2) is 0 Å². The molecule has 0 N–H and O–H groups in total. The topological polar surface area (TPSA) is 4.36 Å². The van der Waals surface area contributed by atoms with Crippen LogP contribution in [0.25, 0.3) is 101 Å². The molecule has 1 nitrogen and oxygen atoms in total. The average molecular weight is 685 g/mol. The zero-order valence-corrected chi connectivity index (χ0v) is 28.2. The van der Waals surface area contributed by atoms with Gasteiger partial charge >= 0.3 is 291 Å². The molecule has 0 unspecified atom stereocenters. The summed E-state index contributed by atoms with van der Waals surface area (Å²) < 4.78 is 2.86. The van der Waals surface area contributed by atoms with Gasteiger partial charge in [-0.3, -0.25) is 0 Å². The van der Waals surface area contributed by atoms with E-state index in [0.717, 1.165) is 27.2 Å². The fraction of sp³-hybridized carbons (Fsp3) is 0. The normalized spacial score (nSPS) is 11.7. The van der Waals surface area contributed by atoms with E-state index < -0.39 is 0 Å². The first kappa shape index (κ1) is 28.1. The predicted octanol–water partition coefficient (Wildman–Crippen LogP) is 13.2. The van der Waals surface area contributed by atoms with Gasteiger partial charge in [0.1, 0.15) is 0 Å². The van der Waals surface area contributed by atoms with Crippen molar-refractivity contribution in [1.82, 2.24) is 0 Å². The fourth-order valence-corrected chi connectivity index (χ4v) is 10.5. The van der Waals surface area contributed by atoms with Gasteiger partial charge in [-0.2, -0.15) is 0 Å². The Hall–Kier alpha value is -5.97. The van der Waals surface area contributed by atoms with Crippen LogP contribution in [0.15, 0.2) is 164 Å². The third kappa shape index (κ3) is 4.17. The molecule has 0 saturated heterocycles. The van der Waals surface area contributed by atoms with E-state index in [1.54, 1.807) is 0 Å². The predicted molar refractivity (Wildman–Crippen MR) is 211 cm³/mol. The Balaban J connectivity index is 1.27. The van der Waals surface area contributed by atoms with Crippen molar-refractivity contribution < 1.29 is 0 Å². The van der Waals surface area contributed by atoms with Crippen molar-refractivity contribution in [3.8, 4) is 33.4 Å². The van der Waals surface area contributed by atoms with Crippen LogP contribution in [-0.4, -0.2) is 14.5 Å². The van der Waals surface area contributed by atoms with Crippen LogP contribution in [0.4, 0.5) is 5.69 Å². The first-order valence-electron chi connectivity index (χ1n) is 16.6. The summed E-state index contributed by atoms with van der Waals surface area (Å²) in [6.07, 6.45) is 0. The molecule has 0 radical (unpaired) electrons. The summed E-state index contributed by atoms with van der Waals surface area (Å²) in [7, 11) is 0. The van der Waals surface area contributed by atoms with E-state index in [9.17, 15) is 0 Å². The Bertz CT molecular complexity index is 2880. The third-order valence-corrected chi connectivity index (χ3v) is 12.6. The van der Waals surface area contributed by atoms with Gasteiger partial charge in [0.2, 0.25) is 0 Å². The number of hydrogen-bond acceptors (Lipinski definition) is 0. The monoisotopic (exact) mass is 685 g/mol. The molecule has 10 rings (SSSR count). The van der Waals surface area contributed by atoms with Crippen LogP contribution in [-0.2, 0) is 0 Å². The molecule has 0 aliphatic heterocycles. The van der Waals surface area contributed by atoms with E-state index >= 15 is 0 Å². The maximum absolute atomic E-state index is 8.04. The Morgan fingerprint density at radius 1 is 0.367 bits per heavy atom. The van der Waals surface area contributed by atoms with Crippen LogP contribution in [0.5, 0.6) is 0 Å². The van der Waals surface area contributed by atoms with Crippen molar-refractivity contribution in [3.63, 3.8) is 0 Å². The molecule has 0 aliphatic carbocycles. The standard InChI is InChI=1S/C47H27NSe/c1-48-46-37-22-11-9-20-35(37)44(36-21-10-12-23-38(36)46)30-26-27-42-41(28-30)39-24-13-25-40(47(39)49-42)45-33-18-7-5-16-31(33)43(29-14-3-2-4-15-29)32-17-6-8-19-34(32)45/h2-28H. The van der Waals surface area contributed by atoms with Crippen molar-refractivity contribution in [1.29, 1.82) is 0 Å². The van der Waals surface area contributed by atoms with Crippen LogP contribution in [0.3, 0.4) is 0 Å².